The summed E-state index contributed by atoms with van der Waals surface area (Å²) < 4.78 is 15.9. The second-order valence-corrected chi connectivity index (χ2v) is 7.97. The Bertz CT molecular complexity index is 1020. The van der Waals surface area contributed by atoms with Gasteiger partial charge in [-0.2, -0.15) is 0 Å². The Morgan fingerprint density at radius 3 is 2.35 bits per heavy atom. The molecule has 1 heterocycles. The molecule has 1 amide bonds. The van der Waals surface area contributed by atoms with Crippen LogP contribution in [0.3, 0.4) is 0 Å². The van der Waals surface area contributed by atoms with Crippen LogP contribution in [0.15, 0.2) is 47.8 Å². The number of thiazole rings is 1. The number of aromatic nitrogens is 1. The number of hydrogen-bond acceptors (Lipinski definition) is 7. The normalized spacial score (nSPS) is 10.6. The van der Waals surface area contributed by atoms with E-state index in [2.05, 4.69) is 10.3 Å². The number of benzene rings is 2. The zero-order chi connectivity index (χ0) is 22.4. The predicted molar refractivity (Wildman–Crippen MR) is 123 cm³/mol. The van der Waals surface area contributed by atoms with Gasteiger partial charge in [0.2, 0.25) is 0 Å². The first kappa shape index (κ1) is 22.4. The summed E-state index contributed by atoms with van der Waals surface area (Å²) in [6.45, 7) is 4.42. The summed E-state index contributed by atoms with van der Waals surface area (Å²) in [6.07, 6.45) is 0. The number of amides is 1. The molecule has 3 rings (SSSR count). The molecule has 0 unspecified atom stereocenters. The summed E-state index contributed by atoms with van der Waals surface area (Å²) in [5.74, 6) is 1.95. The largest absolute Gasteiger partial charge is 0.497 e. The maximum Gasteiger partial charge on any atom is 0.273 e. The maximum atomic E-state index is 13.2. The molecular weight excluding hydrogens is 414 g/mol. The predicted octanol–water partition coefficient (Wildman–Crippen LogP) is 4.96. The Hall–Kier alpha value is -3.26. The molecule has 0 radical (unpaired) electrons. The Morgan fingerprint density at radius 2 is 1.74 bits per heavy atom. The van der Waals surface area contributed by atoms with Gasteiger partial charge in [0.25, 0.3) is 5.91 Å². The Morgan fingerprint density at radius 1 is 1.03 bits per heavy atom. The van der Waals surface area contributed by atoms with Gasteiger partial charge in [0.1, 0.15) is 11.4 Å². The van der Waals surface area contributed by atoms with E-state index in [4.69, 9.17) is 14.2 Å². The zero-order valence-electron chi connectivity index (χ0n) is 18.3. The van der Waals surface area contributed by atoms with E-state index >= 15 is 0 Å². The molecule has 8 heteroatoms. The fourth-order valence-electron chi connectivity index (χ4n) is 3.04. The summed E-state index contributed by atoms with van der Waals surface area (Å²) >= 11 is 1.39. The molecule has 0 aliphatic rings. The van der Waals surface area contributed by atoms with E-state index in [0.29, 0.717) is 28.9 Å². The number of nitrogens with zero attached hydrogens (tertiary/aromatic N) is 2. The topological polar surface area (TPSA) is 72.9 Å². The number of nitrogens with one attached hydrogen (secondary N) is 1. The van der Waals surface area contributed by atoms with Crippen LogP contribution in [0.2, 0.25) is 0 Å². The molecule has 7 nitrogen and oxygen atoms in total. The highest BCUT2D eigenvalue weighted by atomic mass is 32.1. The Labute approximate surface area is 186 Å². The summed E-state index contributed by atoms with van der Waals surface area (Å²) in [5, 5.41) is 5.66. The van der Waals surface area contributed by atoms with Crippen LogP contribution < -0.4 is 19.5 Å². The summed E-state index contributed by atoms with van der Waals surface area (Å²) in [5.41, 5.74) is 2.24. The van der Waals surface area contributed by atoms with Gasteiger partial charge in [0.15, 0.2) is 16.6 Å². The second-order valence-electron chi connectivity index (χ2n) is 7.11. The fraction of sp³-hybridized carbons (Fsp3) is 0.304. The van der Waals surface area contributed by atoms with Crippen molar-refractivity contribution in [2.24, 2.45) is 0 Å². The number of carbonyl (C=O) groups excluding carboxylic acids is 1. The van der Waals surface area contributed by atoms with Crippen LogP contribution in [0.25, 0.3) is 0 Å². The molecule has 0 saturated carbocycles. The lowest BCUT2D eigenvalue weighted by Crippen LogP contribution is -2.36. The maximum absolute atomic E-state index is 13.2. The molecule has 0 saturated heterocycles. The van der Waals surface area contributed by atoms with E-state index in [1.807, 2.05) is 56.3 Å². The van der Waals surface area contributed by atoms with Crippen molar-refractivity contribution in [2.45, 2.75) is 26.4 Å². The molecule has 164 valence electrons. The lowest BCUT2D eigenvalue weighted by molar-refractivity contribution is 0.0685. The lowest BCUT2D eigenvalue weighted by atomic mass is 10.1. The summed E-state index contributed by atoms with van der Waals surface area (Å²) in [7, 11) is 4.82. The third-order valence-electron chi connectivity index (χ3n) is 4.75. The van der Waals surface area contributed by atoms with Gasteiger partial charge in [-0.15, -0.1) is 11.3 Å². The number of hydrogen-bond donors (Lipinski definition) is 1. The number of carbonyl (C=O) groups is 1. The summed E-state index contributed by atoms with van der Waals surface area (Å²) in [6, 6.07) is 13.2. The average molecular weight is 442 g/mol. The van der Waals surface area contributed by atoms with Crippen molar-refractivity contribution in [3.63, 3.8) is 0 Å². The highest BCUT2D eigenvalue weighted by molar-refractivity contribution is 7.14. The van der Waals surface area contributed by atoms with Crippen molar-refractivity contribution < 1.29 is 19.0 Å². The molecule has 0 bridgehead atoms. The zero-order valence-corrected chi connectivity index (χ0v) is 19.2. The minimum Gasteiger partial charge on any atom is -0.497 e. The highest BCUT2D eigenvalue weighted by Gasteiger charge is 2.22. The Kier molecular flexibility index (Phi) is 7.36. The van der Waals surface area contributed by atoms with E-state index in [9.17, 15) is 4.79 Å². The molecule has 1 N–H and O–H groups in total. The van der Waals surface area contributed by atoms with E-state index in [0.717, 1.165) is 17.0 Å². The van der Waals surface area contributed by atoms with Gasteiger partial charge in [-0.3, -0.25) is 4.79 Å². The van der Waals surface area contributed by atoms with Gasteiger partial charge >= 0.3 is 0 Å². The van der Waals surface area contributed by atoms with Crippen LogP contribution >= 0.6 is 11.3 Å². The monoisotopic (exact) mass is 441 g/mol. The number of rotatable bonds is 9. The second kappa shape index (κ2) is 10.2. The first-order valence-electron chi connectivity index (χ1n) is 9.83. The SMILES string of the molecule is COc1ccc(Nc2nc(C(=O)N(Cc3ccc(OC)c(OC)c3)C(C)C)cs2)cc1. The molecule has 0 fully saturated rings. The van der Waals surface area contributed by atoms with Gasteiger partial charge in [-0.05, 0) is 55.8 Å². The van der Waals surface area contributed by atoms with Gasteiger partial charge < -0.3 is 24.4 Å². The van der Waals surface area contributed by atoms with E-state index in [1.54, 1.807) is 31.6 Å². The minimum atomic E-state index is -0.121. The van der Waals surface area contributed by atoms with Crippen molar-refractivity contribution in [1.29, 1.82) is 0 Å². The van der Waals surface area contributed by atoms with Gasteiger partial charge in [-0.25, -0.2) is 4.98 Å². The van der Waals surface area contributed by atoms with Crippen LogP contribution in [0.4, 0.5) is 10.8 Å². The van der Waals surface area contributed by atoms with Crippen LogP contribution in [0, 0.1) is 0 Å². The van der Waals surface area contributed by atoms with Crippen LogP contribution in [0.5, 0.6) is 17.2 Å². The molecule has 2 aromatic carbocycles. The lowest BCUT2D eigenvalue weighted by Gasteiger charge is -2.26. The third-order valence-corrected chi connectivity index (χ3v) is 5.51. The van der Waals surface area contributed by atoms with Crippen molar-refractivity contribution in [3.05, 3.63) is 59.1 Å². The molecular formula is C23H27N3O4S. The van der Waals surface area contributed by atoms with Gasteiger partial charge in [0.05, 0.1) is 21.3 Å². The first-order valence-corrected chi connectivity index (χ1v) is 10.7. The molecule has 0 atom stereocenters. The van der Waals surface area contributed by atoms with Gasteiger partial charge in [-0.1, -0.05) is 6.07 Å². The molecule has 0 aliphatic carbocycles. The standard InChI is InChI=1S/C23H27N3O4S/c1-15(2)26(13-16-6-11-20(29-4)21(12-16)30-5)22(27)19-14-31-23(25-19)24-17-7-9-18(28-3)10-8-17/h6-12,14-15H,13H2,1-5H3,(H,24,25). The molecule has 3 aromatic rings. The molecule has 31 heavy (non-hydrogen) atoms. The van der Waals surface area contributed by atoms with Crippen molar-refractivity contribution in [2.75, 3.05) is 26.6 Å². The van der Waals surface area contributed by atoms with E-state index in [1.165, 1.54) is 11.3 Å². The van der Waals surface area contributed by atoms with Gasteiger partial charge in [0, 0.05) is 23.7 Å². The minimum absolute atomic E-state index is 0.000272. The number of anilines is 2. The molecule has 1 aromatic heterocycles. The number of ether oxygens (including phenoxy) is 3. The molecule has 0 aliphatic heterocycles. The van der Waals surface area contributed by atoms with Crippen LogP contribution in [-0.2, 0) is 6.54 Å². The Balaban J connectivity index is 1.74. The van der Waals surface area contributed by atoms with Crippen LogP contribution in [-0.4, -0.2) is 43.2 Å². The summed E-state index contributed by atoms with van der Waals surface area (Å²) in [4.78, 5) is 19.5. The van der Waals surface area contributed by atoms with Crippen molar-refractivity contribution >= 4 is 28.1 Å². The van der Waals surface area contributed by atoms with Crippen molar-refractivity contribution in [1.82, 2.24) is 9.88 Å². The fourth-order valence-corrected chi connectivity index (χ4v) is 3.74. The third kappa shape index (κ3) is 5.46. The van der Waals surface area contributed by atoms with E-state index < -0.39 is 0 Å². The first-order chi connectivity index (χ1) is 14.9. The quantitative estimate of drug-likeness (QED) is 0.506. The average Bonchev–Trinajstić information content (AvgIpc) is 3.25. The van der Waals surface area contributed by atoms with E-state index in [-0.39, 0.29) is 11.9 Å². The smallest absolute Gasteiger partial charge is 0.273 e. The van der Waals surface area contributed by atoms with Crippen LogP contribution in [0.1, 0.15) is 29.9 Å². The number of methoxy groups -OCH3 is 3. The molecule has 0 spiro atoms. The highest BCUT2D eigenvalue weighted by Crippen LogP contribution is 2.29. The van der Waals surface area contributed by atoms with Crippen molar-refractivity contribution in [3.8, 4) is 17.2 Å².